The van der Waals surface area contributed by atoms with Gasteiger partial charge in [0.25, 0.3) is 0 Å². The van der Waals surface area contributed by atoms with Crippen LogP contribution in [-0.4, -0.2) is 22.7 Å². The largest absolute Gasteiger partial charge is 0.359 e. The highest BCUT2D eigenvalue weighted by molar-refractivity contribution is 7.99. The maximum Gasteiger partial charge on any atom is 0.180 e. The van der Waals surface area contributed by atoms with E-state index in [1.165, 1.54) is 24.3 Å². The number of hydrazine groups is 1. The highest BCUT2D eigenvalue weighted by Gasteiger charge is 2.13. The molecule has 1 saturated heterocycles. The molecule has 64 valence electrons. The van der Waals surface area contributed by atoms with Crippen LogP contribution in [0.4, 0.5) is 0 Å². The van der Waals surface area contributed by atoms with Gasteiger partial charge in [-0.25, -0.2) is 5.84 Å². The van der Waals surface area contributed by atoms with Crippen LogP contribution < -0.4 is 16.6 Å². The van der Waals surface area contributed by atoms with Crippen LogP contribution >= 0.6 is 24.0 Å². The van der Waals surface area contributed by atoms with Gasteiger partial charge < -0.3 is 10.7 Å². The molecule has 0 aromatic rings. The number of thioether (sulfide) groups is 1. The molecule has 11 heavy (non-hydrogen) atoms. The second kappa shape index (κ2) is 4.79. The van der Waals surface area contributed by atoms with Gasteiger partial charge in [-0.1, -0.05) is 0 Å². The summed E-state index contributed by atoms with van der Waals surface area (Å²) >= 11 is 6.88. The monoisotopic (exact) mass is 191 g/mol. The third-order valence-electron chi connectivity index (χ3n) is 1.69. The van der Waals surface area contributed by atoms with Crippen LogP contribution in [-0.2, 0) is 0 Å². The van der Waals surface area contributed by atoms with Crippen LogP contribution in [0.15, 0.2) is 0 Å². The van der Waals surface area contributed by atoms with E-state index in [0.717, 1.165) is 0 Å². The van der Waals surface area contributed by atoms with Crippen LogP contribution in [0.3, 0.4) is 0 Å². The molecule has 0 aliphatic carbocycles. The molecule has 0 bridgehead atoms. The van der Waals surface area contributed by atoms with Crippen molar-refractivity contribution in [1.29, 1.82) is 0 Å². The molecular weight excluding hydrogens is 178 g/mol. The van der Waals surface area contributed by atoms with E-state index in [2.05, 4.69) is 10.7 Å². The van der Waals surface area contributed by atoms with Gasteiger partial charge in [-0.15, -0.1) is 0 Å². The first-order chi connectivity index (χ1) is 5.33. The molecule has 0 unspecified atom stereocenters. The van der Waals surface area contributed by atoms with Gasteiger partial charge in [0, 0.05) is 6.04 Å². The molecule has 0 aromatic carbocycles. The molecule has 1 fully saturated rings. The number of hydrogen-bond acceptors (Lipinski definition) is 3. The Balaban J connectivity index is 2.19. The number of hydrogen-bond donors (Lipinski definition) is 3. The van der Waals surface area contributed by atoms with Gasteiger partial charge in [0.15, 0.2) is 5.11 Å². The minimum absolute atomic E-state index is 0.528. The van der Waals surface area contributed by atoms with Gasteiger partial charge >= 0.3 is 0 Å². The van der Waals surface area contributed by atoms with Gasteiger partial charge in [-0.3, -0.25) is 0 Å². The van der Waals surface area contributed by atoms with E-state index >= 15 is 0 Å². The molecule has 0 radical (unpaired) electrons. The highest BCUT2D eigenvalue weighted by atomic mass is 32.2. The zero-order chi connectivity index (χ0) is 8.10. The predicted molar refractivity (Wildman–Crippen MR) is 53.4 cm³/mol. The molecule has 1 heterocycles. The van der Waals surface area contributed by atoms with Crippen molar-refractivity contribution in [2.24, 2.45) is 5.84 Å². The van der Waals surface area contributed by atoms with Gasteiger partial charge in [0.05, 0.1) is 0 Å². The average molecular weight is 191 g/mol. The van der Waals surface area contributed by atoms with E-state index in [0.29, 0.717) is 11.2 Å². The Kier molecular flexibility index (Phi) is 3.96. The summed E-state index contributed by atoms with van der Waals surface area (Å²) in [5, 5.41) is 3.71. The fourth-order valence-corrected chi connectivity index (χ4v) is 2.34. The van der Waals surface area contributed by atoms with Crippen molar-refractivity contribution in [1.82, 2.24) is 10.7 Å². The van der Waals surface area contributed by atoms with Gasteiger partial charge in [0.1, 0.15) is 0 Å². The second-order valence-corrected chi connectivity index (χ2v) is 4.14. The van der Waals surface area contributed by atoms with Gasteiger partial charge in [-0.2, -0.15) is 11.8 Å². The van der Waals surface area contributed by atoms with E-state index < -0.39 is 0 Å². The van der Waals surface area contributed by atoms with E-state index in [1.807, 2.05) is 11.8 Å². The lowest BCUT2D eigenvalue weighted by atomic mass is 10.2. The smallest absolute Gasteiger partial charge is 0.180 e. The van der Waals surface area contributed by atoms with Gasteiger partial charge in [-0.05, 0) is 36.6 Å². The molecule has 0 saturated carbocycles. The van der Waals surface area contributed by atoms with Gasteiger partial charge in [0.2, 0.25) is 0 Å². The van der Waals surface area contributed by atoms with Crippen molar-refractivity contribution in [3.05, 3.63) is 0 Å². The minimum Gasteiger partial charge on any atom is -0.359 e. The summed E-state index contributed by atoms with van der Waals surface area (Å²) in [4.78, 5) is 0. The third-order valence-corrected chi connectivity index (χ3v) is 2.97. The quantitative estimate of drug-likeness (QED) is 0.314. The first-order valence-electron chi connectivity index (χ1n) is 3.68. The maximum atomic E-state index is 5.13. The third kappa shape index (κ3) is 3.27. The molecular formula is C6H13N3S2. The second-order valence-electron chi connectivity index (χ2n) is 2.50. The summed E-state index contributed by atoms with van der Waals surface area (Å²) in [6.45, 7) is 0. The Morgan fingerprint density at radius 2 is 2.09 bits per heavy atom. The lowest BCUT2D eigenvalue weighted by molar-refractivity contribution is 0.562. The van der Waals surface area contributed by atoms with Crippen molar-refractivity contribution in [2.45, 2.75) is 18.9 Å². The summed E-state index contributed by atoms with van der Waals surface area (Å²) in [6.07, 6.45) is 2.37. The summed E-state index contributed by atoms with van der Waals surface area (Å²) in [7, 11) is 0. The van der Waals surface area contributed by atoms with Crippen molar-refractivity contribution in [2.75, 3.05) is 11.5 Å². The van der Waals surface area contributed by atoms with Crippen LogP contribution in [0.2, 0.25) is 0 Å². The normalized spacial score (nSPS) is 19.4. The molecule has 3 nitrogen and oxygen atoms in total. The lowest BCUT2D eigenvalue weighted by Gasteiger charge is -2.23. The van der Waals surface area contributed by atoms with Crippen molar-refractivity contribution >= 4 is 29.1 Å². The Labute approximate surface area is 76.4 Å². The zero-order valence-electron chi connectivity index (χ0n) is 6.30. The maximum absolute atomic E-state index is 5.13. The molecule has 0 amide bonds. The lowest BCUT2D eigenvalue weighted by Crippen LogP contribution is -2.45. The van der Waals surface area contributed by atoms with Crippen LogP contribution in [0.5, 0.6) is 0 Å². The number of thiocarbonyl (C=S) groups is 1. The summed E-state index contributed by atoms with van der Waals surface area (Å²) < 4.78 is 0. The average Bonchev–Trinajstić information content (AvgIpc) is 2.06. The number of nitrogens with one attached hydrogen (secondary N) is 2. The summed E-state index contributed by atoms with van der Waals surface area (Å²) in [6, 6.07) is 0.528. The molecule has 0 spiro atoms. The molecule has 5 heteroatoms. The topological polar surface area (TPSA) is 50.1 Å². The molecule has 1 aliphatic rings. The molecule has 0 aromatic heterocycles. The van der Waals surface area contributed by atoms with E-state index in [4.69, 9.17) is 18.1 Å². The van der Waals surface area contributed by atoms with Crippen molar-refractivity contribution in [3.63, 3.8) is 0 Å². The first kappa shape index (κ1) is 9.09. The van der Waals surface area contributed by atoms with Crippen LogP contribution in [0, 0.1) is 0 Å². The van der Waals surface area contributed by atoms with Crippen LogP contribution in [0.25, 0.3) is 0 Å². The fraction of sp³-hybridized carbons (Fsp3) is 0.833. The fourth-order valence-electron chi connectivity index (χ4n) is 1.07. The summed E-state index contributed by atoms with van der Waals surface area (Å²) in [5.74, 6) is 7.58. The van der Waals surface area contributed by atoms with Crippen LogP contribution in [0.1, 0.15) is 12.8 Å². The van der Waals surface area contributed by atoms with Crippen molar-refractivity contribution < 1.29 is 0 Å². The minimum atomic E-state index is 0.528. The van der Waals surface area contributed by atoms with Crippen molar-refractivity contribution in [3.8, 4) is 0 Å². The molecule has 0 atom stereocenters. The Morgan fingerprint density at radius 3 is 2.64 bits per heavy atom. The SMILES string of the molecule is NNC(=S)NC1CCSCC1. The number of rotatable bonds is 1. The molecule has 1 aliphatic heterocycles. The predicted octanol–water partition coefficient (Wildman–Crippen LogP) is 0.220. The highest BCUT2D eigenvalue weighted by Crippen LogP contribution is 2.16. The number of nitrogens with two attached hydrogens (primary N) is 1. The Hall–Kier alpha value is 0. The zero-order valence-corrected chi connectivity index (χ0v) is 7.93. The molecule has 1 rings (SSSR count). The van der Waals surface area contributed by atoms with E-state index in [-0.39, 0.29) is 0 Å². The van der Waals surface area contributed by atoms with E-state index in [1.54, 1.807) is 0 Å². The Morgan fingerprint density at radius 1 is 1.45 bits per heavy atom. The summed E-state index contributed by atoms with van der Waals surface area (Å²) in [5.41, 5.74) is 2.43. The standard InChI is InChI=1S/C6H13N3S2/c7-9-6(10)8-5-1-3-11-4-2-5/h5H,1-4,7H2,(H2,8,9,10). The Bertz CT molecular complexity index is 134. The molecule has 4 N–H and O–H groups in total. The first-order valence-corrected chi connectivity index (χ1v) is 5.24. The van der Waals surface area contributed by atoms with E-state index in [9.17, 15) is 0 Å².